The molecule has 0 aliphatic rings. The Bertz CT molecular complexity index is 3890. The lowest BCUT2D eigenvalue weighted by Crippen LogP contribution is -1.97. The number of hydrogen-bond acceptors (Lipinski definition) is 2. The maximum atomic E-state index is 5.10. The van der Waals surface area contributed by atoms with Crippen molar-refractivity contribution in [3.8, 4) is 67.5 Å². The Kier molecular flexibility index (Phi) is 8.81. The largest absolute Gasteiger partial charge is 0.309 e. The van der Waals surface area contributed by atoms with Crippen molar-refractivity contribution < 1.29 is 0 Å². The normalized spacial score (nSPS) is 11.6. The number of fused-ring (bicyclic) bond motifs is 7. The van der Waals surface area contributed by atoms with Crippen LogP contribution in [0.15, 0.2) is 243 Å². The Balaban J connectivity index is 0.912. The highest BCUT2D eigenvalue weighted by atomic mass is 15.0. The lowest BCUT2D eigenvalue weighted by atomic mass is 9.98. The number of hydrogen-bond donors (Lipinski definition) is 0. The van der Waals surface area contributed by atoms with E-state index < -0.39 is 0 Å². The number of nitrogens with zero attached hydrogens (tertiary/aromatic N) is 4. The third kappa shape index (κ3) is 6.30. The maximum absolute atomic E-state index is 5.10. The first kappa shape index (κ1) is 37.7. The Labute approximate surface area is 382 Å². The zero-order valence-corrected chi connectivity index (χ0v) is 35.9. The van der Waals surface area contributed by atoms with Crippen LogP contribution in [0.25, 0.3) is 122 Å². The van der Waals surface area contributed by atoms with Gasteiger partial charge >= 0.3 is 0 Å². The van der Waals surface area contributed by atoms with Gasteiger partial charge < -0.3 is 9.13 Å². The molecule has 0 saturated carbocycles. The highest BCUT2D eigenvalue weighted by Crippen LogP contribution is 2.39. The van der Waals surface area contributed by atoms with E-state index >= 15 is 0 Å². The van der Waals surface area contributed by atoms with Gasteiger partial charge in [-0.3, -0.25) is 0 Å². The van der Waals surface area contributed by atoms with Crippen LogP contribution in [0.2, 0.25) is 0 Å². The molecule has 0 unspecified atom stereocenters. The second-order valence-electron chi connectivity index (χ2n) is 17.0. The Hall–Kier alpha value is -8.86. The van der Waals surface area contributed by atoms with Crippen molar-refractivity contribution in [2.24, 2.45) is 0 Å². The molecule has 4 heteroatoms. The lowest BCUT2D eigenvalue weighted by Gasteiger charge is -2.12. The first-order valence-corrected chi connectivity index (χ1v) is 22.5. The minimum absolute atomic E-state index is 0.708. The molecule has 4 nitrogen and oxygen atoms in total. The predicted molar refractivity (Wildman–Crippen MR) is 275 cm³/mol. The summed E-state index contributed by atoms with van der Waals surface area (Å²) in [5.74, 6) is 0.708. The van der Waals surface area contributed by atoms with Crippen LogP contribution in [-0.4, -0.2) is 19.1 Å². The molecule has 0 bridgehead atoms. The molecule has 0 spiro atoms. The van der Waals surface area contributed by atoms with Crippen LogP contribution in [0.4, 0.5) is 0 Å². The second kappa shape index (κ2) is 15.4. The van der Waals surface area contributed by atoms with Crippen LogP contribution in [0.1, 0.15) is 0 Å². The van der Waals surface area contributed by atoms with Crippen LogP contribution in [-0.2, 0) is 0 Å². The quantitative estimate of drug-likeness (QED) is 0.160. The van der Waals surface area contributed by atoms with Crippen molar-refractivity contribution in [2.45, 2.75) is 0 Å². The van der Waals surface area contributed by atoms with Crippen molar-refractivity contribution in [1.29, 1.82) is 0 Å². The smallest absolute Gasteiger partial charge is 0.160 e. The third-order valence-corrected chi connectivity index (χ3v) is 13.2. The van der Waals surface area contributed by atoms with Gasteiger partial charge in [0.25, 0.3) is 0 Å². The van der Waals surface area contributed by atoms with Gasteiger partial charge in [-0.2, -0.15) is 0 Å². The molecule has 3 heterocycles. The molecule has 13 aromatic rings. The monoisotopic (exact) mass is 840 g/mol. The first-order chi connectivity index (χ1) is 32.7. The topological polar surface area (TPSA) is 35.6 Å². The molecular formula is C62H40N4. The molecule has 0 amide bonds. The molecule has 0 saturated heterocycles. The molecule has 66 heavy (non-hydrogen) atoms. The van der Waals surface area contributed by atoms with Crippen molar-refractivity contribution in [3.63, 3.8) is 0 Å². The minimum Gasteiger partial charge on any atom is -0.309 e. The van der Waals surface area contributed by atoms with E-state index in [0.717, 1.165) is 50.5 Å². The maximum Gasteiger partial charge on any atom is 0.160 e. The van der Waals surface area contributed by atoms with Gasteiger partial charge in [0.2, 0.25) is 0 Å². The van der Waals surface area contributed by atoms with Gasteiger partial charge in [0.1, 0.15) is 0 Å². The summed E-state index contributed by atoms with van der Waals surface area (Å²) >= 11 is 0. The lowest BCUT2D eigenvalue weighted by molar-refractivity contribution is 1.17. The van der Waals surface area contributed by atoms with Gasteiger partial charge in [0.05, 0.1) is 33.5 Å². The van der Waals surface area contributed by atoms with Crippen molar-refractivity contribution in [2.75, 3.05) is 0 Å². The summed E-state index contributed by atoms with van der Waals surface area (Å²) in [6, 6.07) is 87.0. The van der Waals surface area contributed by atoms with E-state index in [2.05, 4.69) is 228 Å². The average Bonchev–Trinajstić information content (AvgIpc) is 3.91. The summed E-state index contributed by atoms with van der Waals surface area (Å²) in [5.41, 5.74) is 16.6. The number of para-hydroxylation sites is 2. The summed E-state index contributed by atoms with van der Waals surface area (Å²) in [6.45, 7) is 0. The van der Waals surface area contributed by atoms with Crippen LogP contribution in [0.5, 0.6) is 0 Å². The molecule has 10 aromatic carbocycles. The summed E-state index contributed by atoms with van der Waals surface area (Å²) < 4.78 is 4.82. The highest BCUT2D eigenvalue weighted by molar-refractivity contribution is 6.12. The van der Waals surface area contributed by atoms with E-state index in [1.54, 1.807) is 0 Å². The van der Waals surface area contributed by atoms with Gasteiger partial charge in [0.15, 0.2) is 5.82 Å². The molecular weight excluding hydrogens is 801 g/mol. The molecule has 0 aliphatic heterocycles. The van der Waals surface area contributed by atoms with Crippen LogP contribution in [0, 0.1) is 0 Å². The molecule has 13 rings (SSSR count). The van der Waals surface area contributed by atoms with Crippen molar-refractivity contribution in [1.82, 2.24) is 19.1 Å². The fourth-order valence-corrected chi connectivity index (χ4v) is 9.97. The first-order valence-electron chi connectivity index (χ1n) is 22.5. The zero-order valence-electron chi connectivity index (χ0n) is 35.9. The van der Waals surface area contributed by atoms with Crippen LogP contribution in [0.3, 0.4) is 0 Å². The summed E-state index contributed by atoms with van der Waals surface area (Å²) in [5, 5.41) is 7.43. The molecule has 0 aliphatic carbocycles. The van der Waals surface area contributed by atoms with E-state index in [-0.39, 0.29) is 0 Å². The van der Waals surface area contributed by atoms with Gasteiger partial charge in [0, 0.05) is 49.6 Å². The molecule has 3 aromatic heterocycles. The highest BCUT2D eigenvalue weighted by Gasteiger charge is 2.18. The number of benzene rings is 10. The zero-order chi connectivity index (χ0) is 43.6. The van der Waals surface area contributed by atoms with Crippen molar-refractivity contribution >= 4 is 54.4 Å². The van der Waals surface area contributed by atoms with E-state index in [9.17, 15) is 0 Å². The predicted octanol–water partition coefficient (Wildman–Crippen LogP) is 16.2. The fraction of sp³-hybridized carbons (Fsp3) is 0. The van der Waals surface area contributed by atoms with E-state index in [1.807, 2.05) is 24.3 Å². The molecule has 308 valence electrons. The SMILES string of the molecule is c1ccc(-c2cc(-c3ccc(-n4c5ccccc5c5ccc(-c6ccc7c8ccccc8n(-c8ccc(-c9cccc%10ccccc9%10)cc8)c7c6)cc54)cc3)nc(-c3ccccc3)n2)cc1. The molecule has 0 N–H and O–H groups in total. The summed E-state index contributed by atoms with van der Waals surface area (Å²) in [6.07, 6.45) is 0. The Morgan fingerprint density at radius 1 is 0.258 bits per heavy atom. The third-order valence-electron chi connectivity index (χ3n) is 13.2. The van der Waals surface area contributed by atoms with Gasteiger partial charge in [-0.05, 0) is 87.6 Å². The number of aromatic nitrogens is 4. The Morgan fingerprint density at radius 2 is 0.682 bits per heavy atom. The minimum atomic E-state index is 0.708. The number of rotatable bonds is 7. The van der Waals surface area contributed by atoms with Crippen LogP contribution < -0.4 is 0 Å². The second-order valence-corrected chi connectivity index (χ2v) is 17.0. The van der Waals surface area contributed by atoms with Gasteiger partial charge in [-0.25, -0.2) is 9.97 Å². The average molecular weight is 841 g/mol. The molecule has 0 fully saturated rings. The fourth-order valence-electron chi connectivity index (χ4n) is 9.97. The van der Waals surface area contributed by atoms with E-state index in [0.29, 0.717) is 5.82 Å². The van der Waals surface area contributed by atoms with Crippen molar-refractivity contribution in [3.05, 3.63) is 243 Å². The van der Waals surface area contributed by atoms with Gasteiger partial charge in [-0.1, -0.05) is 188 Å². The van der Waals surface area contributed by atoms with E-state index in [1.165, 1.54) is 65.6 Å². The summed E-state index contributed by atoms with van der Waals surface area (Å²) in [4.78, 5) is 10.1. The molecule has 0 radical (unpaired) electrons. The van der Waals surface area contributed by atoms with E-state index in [4.69, 9.17) is 9.97 Å². The Morgan fingerprint density at radius 3 is 1.26 bits per heavy atom. The van der Waals surface area contributed by atoms with Gasteiger partial charge in [-0.15, -0.1) is 0 Å². The molecule has 0 atom stereocenters. The van der Waals surface area contributed by atoms with Crippen LogP contribution >= 0.6 is 0 Å². The summed E-state index contributed by atoms with van der Waals surface area (Å²) in [7, 11) is 0. The standard InChI is InChI=1S/C62H40N4/c1-3-15-43(16-4-1)56-40-57(64-62(63-56)45-17-5-2-6-18-45)44-28-34-49(35-29-44)66-59-25-12-10-22-53(59)55-37-31-47(39-61(55)66)46-30-36-54-52-21-9-11-24-58(52)65(60(54)38-46)48-32-26-42(27-33-48)51-23-13-19-41-14-7-8-20-50(41)51/h1-40H.